The maximum atomic E-state index is 14.3. The van der Waals surface area contributed by atoms with Crippen molar-refractivity contribution in [2.24, 2.45) is 11.3 Å². The molecule has 0 spiro atoms. The molecule has 3 aromatic heterocycles. The Bertz CT molecular complexity index is 1720. The van der Waals surface area contributed by atoms with Crippen LogP contribution in [0.15, 0.2) is 42.9 Å². The van der Waals surface area contributed by atoms with Crippen LogP contribution < -0.4 is 20.1 Å². The highest BCUT2D eigenvalue weighted by Gasteiger charge is 2.44. The Hall–Kier alpha value is -3.88. The van der Waals surface area contributed by atoms with Gasteiger partial charge in [-0.3, -0.25) is 18.9 Å². The number of esters is 1. The minimum Gasteiger partial charge on any atom is -0.479 e. The van der Waals surface area contributed by atoms with Crippen molar-refractivity contribution in [1.29, 1.82) is 0 Å². The maximum Gasteiger partial charge on any atom is 0.459 e. The van der Waals surface area contributed by atoms with Crippen molar-refractivity contribution in [2.75, 3.05) is 26.1 Å². The molecule has 4 aromatic rings. The number of ether oxygens (including phenoxy) is 3. The number of rotatable bonds is 11. The number of hydrogen-bond acceptors (Lipinski definition) is 13. The van der Waals surface area contributed by atoms with Crippen molar-refractivity contribution >= 4 is 41.7 Å². The lowest BCUT2D eigenvalue weighted by atomic mass is 9.99. The Morgan fingerprint density at radius 2 is 2.00 bits per heavy atom. The predicted octanol–water partition coefficient (Wildman–Crippen LogP) is 3.63. The van der Waals surface area contributed by atoms with E-state index in [-0.39, 0.29) is 36.2 Å². The van der Waals surface area contributed by atoms with Gasteiger partial charge in [0.1, 0.15) is 24.1 Å². The van der Waals surface area contributed by atoms with Gasteiger partial charge >= 0.3 is 13.7 Å². The second-order valence-corrected chi connectivity index (χ2v) is 13.8. The summed E-state index contributed by atoms with van der Waals surface area (Å²) in [6, 6.07) is 7.53. The Morgan fingerprint density at radius 1 is 1.22 bits per heavy atom. The monoisotopic (exact) mass is 643 g/mol. The second-order valence-electron chi connectivity index (χ2n) is 12.1. The molecule has 6 atom stereocenters. The summed E-state index contributed by atoms with van der Waals surface area (Å²) in [5.41, 5.74) is 6.93. The van der Waals surface area contributed by atoms with Gasteiger partial charge in [-0.2, -0.15) is 15.1 Å². The molecule has 15 nitrogen and oxygen atoms in total. The number of carbonyl (C=O) groups is 1. The van der Waals surface area contributed by atoms with Gasteiger partial charge in [0.2, 0.25) is 11.8 Å². The number of anilines is 1. The summed E-state index contributed by atoms with van der Waals surface area (Å²) in [7, 11) is -2.85. The van der Waals surface area contributed by atoms with Crippen LogP contribution in [-0.4, -0.2) is 74.2 Å². The Balaban J connectivity index is 1.37. The number of methoxy groups -OCH3 is 1. The summed E-state index contributed by atoms with van der Waals surface area (Å²) >= 11 is 0. The normalized spacial score (nSPS) is 22.3. The lowest BCUT2D eigenvalue weighted by Crippen LogP contribution is -2.37. The number of benzene rings is 1. The molecule has 45 heavy (non-hydrogen) atoms. The summed E-state index contributed by atoms with van der Waals surface area (Å²) in [6.45, 7) is 8.87. The van der Waals surface area contributed by atoms with Gasteiger partial charge in [0.15, 0.2) is 11.2 Å². The number of nitrogen functional groups attached to an aromatic ring is 1. The molecule has 4 heterocycles. The van der Waals surface area contributed by atoms with E-state index in [2.05, 4.69) is 25.0 Å². The van der Waals surface area contributed by atoms with E-state index in [4.69, 9.17) is 29.0 Å². The number of nitrogens with one attached hydrogen (secondary N) is 1. The molecule has 1 aliphatic rings. The number of nitrogens with zero attached hydrogens (tertiary/aromatic N) is 5. The highest BCUT2D eigenvalue weighted by Crippen LogP contribution is 2.48. The van der Waals surface area contributed by atoms with Crippen LogP contribution in [0.4, 0.5) is 5.95 Å². The molecule has 1 fully saturated rings. The number of aliphatic hydroxyl groups excluding tert-OH is 1. The van der Waals surface area contributed by atoms with Crippen molar-refractivity contribution < 1.29 is 37.7 Å². The molecule has 1 saturated heterocycles. The highest BCUT2D eigenvalue weighted by molar-refractivity contribution is 7.52. The lowest BCUT2D eigenvalue weighted by Gasteiger charge is -2.26. The molecular formula is C29H38N7O8P. The average molecular weight is 644 g/mol. The van der Waals surface area contributed by atoms with E-state index in [0.29, 0.717) is 22.1 Å². The van der Waals surface area contributed by atoms with E-state index in [1.54, 1.807) is 48.0 Å². The molecule has 1 aromatic carbocycles. The Morgan fingerprint density at radius 3 is 2.73 bits per heavy atom. The number of carbonyl (C=O) groups excluding carboxylic acids is 1. The number of pyridine rings is 1. The van der Waals surface area contributed by atoms with Crippen LogP contribution in [0.25, 0.3) is 22.1 Å². The van der Waals surface area contributed by atoms with Crippen molar-refractivity contribution in [1.82, 2.24) is 29.6 Å². The third kappa shape index (κ3) is 7.18. The molecule has 16 heteroatoms. The van der Waals surface area contributed by atoms with Crippen LogP contribution >= 0.6 is 7.75 Å². The molecule has 6 unspecified atom stereocenters. The minimum atomic E-state index is -4.30. The molecule has 0 saturated carbocycles. The molecular weight excluding hydrogens is 605 g/mol. The van der Waals surface area contributed by atoms with E-state index in [1.165, 1.54) is 20.4 Å². The van der Waals surface area contributed by atoms with E-state index < -0.39 is 44.1 Å². The van der Waals surface area contributed by atoms with Crippen LogP contribution in [0.1, 0.15) is 40.8 Å². The van der Waals surface area contributed by atoms with Gasteiger partial charge in [-0.25, -0.2) is 9.55 Å². The number of imidazole rings is 1. The summed E-state index contributed by atoms with van der Waals surface area (Å²) in [4.78, 5) is 29.8. The van der Waals surface area contributed by atoms with E-state index >= 15 is 0 Å². The molecule has 0 amide bonds. The molecule has 0 bridgehead atoms. The van der Waals surface area contributed by atoms with Gasteiger partial charge in [0.25, 0.3) is 0 Å². The van der Waals surface area contributed by atoms with Crippen LogP contribution in [0.5, 0.6) is 11.6 Å². The fraction of sp³-hybridized carbons (Fsp3) is 0.483. The fourth-order valence-electron chi connectivity index (χ4n) is 4.83. The largest absolute Gasteiger partial charge is 0.479 e. The number of nitrogens with two attached hydrogens (primary N) is 1. The van der Waals surface area contributed by atoms with Gasteiger partial charge in [0.05, 0.1) is 38.3 Å². The zero-order chi connectivity index (χ0) is 32.5. The quantitative estimate of drug-likeness (QED) is 0.158. The number of aliphatic hydroxyl groups is 1. The predicted molar refractivity (Wildman–Crippen MR) is 164 cm³/mol. The Labute approximate surface area is 260 Å². The molecule has 0 aliphatic carbocycles. The SMILES string of the molecule is COc1nc(N)nc2c1ncn2C1OC(COP(=O)(NC(C)C(=O)OCC(C)(C)C)Oc2cccc3ncccc23)C(O)C1C. The van der Waals surface area contributed by atoms with E-state index in [9.17, 15) is 14.5 Å². The maximum absolute atomic E-state index is 14.3. The lowest BCUT2D eigenvalue weighted by molar-refractivity contribution is -0.148. The number of hydrogen-bond donors (Lipinski definition) is 3. The van der Waals surface area contributed by atoms with Crippen molar-refractivity contribution in [2.45, 2.75) is 59.1 Å². The first-order valence-corrected chi connectivity index (χ1v) is 15.9. The fourth-order valence-corrected chi connectivity index (χ4v) is 6.35. The smallest absolute Gasteiger partial charge is 0.459 e. The van der Waals surface area contributed by atoms with Crippen molar-refractivity contribution in [3.63, 3.8) is 0 Å². The van der Waals surface area contributed by atoms with Gasteiger partial charge in [-0.1, -0.05) is 33.8 Å². The van der Waals surface area contributed by atoms with Crippen LogP contribution in [0.3, 0.4) is 0 Å². The minimum absolute atomic E-state index is 0.0184. The summed E-state index contributed by atoms with van der Waals surface area (Å²) < 4.78 is 44.7. The summed E-state index contributed by atoms with van der Waals surface area (Å²) in [5.74, 6) is -0.698. The van der Waals surface area contributed by atoms with Crippen molar-refractivity contribution in [3.8, 4) is 11.6 Å². The van der Waals surface area contributed by atoms with Crippen LogP contribution in [0, 0.1) is 11.3 Å². The van der Waals surface area contributed by atoms with E-state index in [0.717, 1.165) is 0 Å². The first-order valence-electron chi connectivity index (χ1n) is 14.4. The molecule has 1 aliphatic heterocycles. The number of fused-ring (bicyclic) bond motifs is 2. The second kappa shape index (κ2) is 12.9. The van der Waals surface area contributed by atoms with Crippen molar-refractivity contribution in [3.05, 3.63) is 42.9 Å². The van der Waals surface area contributed by atoms with Gasteiger partial charge < -0.3 is 29.6 Å². The van der Waals surface area contributed by atoms with Gasteiger partial charge in [0, 0.05) is 17.5 Å². The first-order chi connectivity index (χ1) is 21.3. The number of aromatic nitrogens is 5. The third-order valence-corrected chi connectivity index (χ3v) is 8.77. The third-order valence-electron chi connectivity index (χ3n) is 7.14. The zero-order valence-corrected chi connectivity index (χ0v) is 26.8. The van der Waals surface area contributed by atoms with Gasteiger partial charge in [-0.15, -0.1) is 0 Å². The highest BCUT2D eigenvalue weighted by atomic mass is 31.2. The molecule has 0 radical (unpaired) electrons. The first kappa shape index (κ1) is 32.5. The molecule has 5 rings (SSSR count). The Kier molecular flexibility index (Phi) is 9.28. The molecule has 242 valence electrons. The molecule has 4 N–H and O–H groups in total. The summed E-state index contributed by atoms with van der Waals surface area (Å²) in [5, 5.41) is 14.4. The van der Waals surface area contributed by atoms with Crippen LogP contribution in [-0.2, 0) is 23.4 Å². The topological polar surface area (TPSA) is 195 Å². The summed E-state index contributed by atoms with van der Waals surface area (Å²) in [6.07, 6.45) is 0.399. The van der Waals surface area contributed by atoms with Crippen LogP contribution in [0.2, 0.25) is 0 Å². The van der Waals surface area contributed by atoms with Gasteiger partial charge in [-0.05, 0) is 36.6 Å². The zero-order valence-electron chi connectivity index (χ0n) is 25.9. The standard InChI is InChI=1S/C29H38N7O8P/c1-16-23(37)21(43-26(16)36-15-32-22-24(36)33-28(30)34-25(22)40-6)13-42-45(39,35-17(2)27(38)41-14-29(3,4)5)44-20-11-7-10-19-18(20)9-8-12-31-19/h7-12,15-17,21,23,26,37H,13-14H2,1-6H3,(H,35,39)(H2,30,33,34). The van der Waals surface area contributed by atoms with E-state index in [1.807, 2.05) is 20.8 Å². The average Bonchev–Trinajstić information content (AvgIpc) is 3.54.